The maximum atomic E-state index is 3.50. The number of nitrogens with one attached hydrogen (secondary N) is 1. The van der Waals surface area contributed by atoms with Gasteiger partial charge in [-0.1, -0.05) is 27.2 Å². The van der Waals surface area contributed by atoms with Crippen molar-refractivity contribution in [1.29, 1.82) is 0 Å². The molecule has 0 saturated heterocycles. The number of hydrogen-bond acceptors (Lipinski definition) is 2. The van der Waals surface area contributed by atoms with E-state index in [1.165, 1.54) is 32.4 Å². The van der Waals surface area contributed by atoms with Crippen LogP contribution in [0.25, 0.3) is 0 Å². The minimum Gasteiger partial charge on any atom is -0.313 e. The zero-order valence-electron chi connectivity index (χ0n) is 9.77. The van der Waals surface area contributed by atoms with Gasteiger partial charge in [-0.05, 0) is 33.0 Å². The van der Waals surface area contributed by atoms with Gasteiger partial charge in [-0.3, -0.25) is 0 Å². The molecule has 2 heteroatoms. The molecule has 0 aliphatic carbocycles. The van der Waals surface area contributed by atoms with Crippen LogP contribution in [0.15, 0.2) is 0 Å². The van der Waals surface area contributed by atoms with Gasteiger partial charge in [0.05, 0.1) is 0 Å². The summed E-state index contributed by atoms with van der Waals surface area (Å²) in [5.74, 6) is 0. The summed E-state index contributed by atoms with van der Waals surface area (Å²) in [5.41, 5.74) is 0. The van der Waals surface area contributed by atoms with Crippen molar-refractivity contribution in [3.63, 3.8) is 0 Å². The summed E-state index contributed by atoms with van der Waals surface area (Å²) in [7, 11) is 2.22. The van der Waals surface area contributed by atoms with Crippen LogP contribution < -0.4 is 5.32 Å². The van der Waals surface area contributed by atoms with Crippen molar-refractivity contribution in [3.8, 4) is 0 Å². The van der Waals surface area contributed by atoms with Gasteiger partial charge in [0.2, 0.25) is 0 Å². The highest BCUT2D eigenvalue weighted by atomic mass is 15.1. The van der Waals surface area contributed by atoms with Gasteiger partial charge in [0.25, 0.3) is 0 Å². The van der Waals surface area contributed by atoms with Gasteiger partial charge in [-0.25, -0.2) is 0 Å². The van der Waals surface area contributed by atoms with E-state index in [1.54, 1.807) is 0 Å². The van der Waals surface area contributed by atoms with Gasteiger partial charge in [0.15, 0.2) is 0 Å². The van der Waals surface area contributed by atoms with Gasteiger partial charge in [-0.15, -0.1) is 0 Å². The molecule has 0 bridgehead atoms. The third kappa shape index (κ3) is 7.03. The minimum absolute atomic E-state index is 0.673. The number of hydrogen-bond donors (Lipinski definition) is 1. The van der Waals surface area contributed by atoms with Crippen LogP contribution in [-0.2, 0) is 0 Å². The molecule has 1 N–H and O–H groups in total. The first-order valence-electron chi connectivity index (χ1n) is 5.66. The Morgan fingerprint density at radius 3 is 2.38 bits per heavy atom. The SMILES string of the molecule is CCCCN(C)CC(CC)NCC. The van der Waals surface area contributed by atoms with Crippen molar-refractivity contribution < 1.29 is 0 Å². The van der Waals surface area contributed by atoms with E-state index in [0.29, 0.717) is 6.04 Å². The molecule has 0 saturated carbocycles. The fraction of sp³-hybridized carbons (Fsp3) is 1.00. The summed E-state index contributed by atoms with van der Waals surface area (Å²) in [5, 5.41) is 3.50. The topological polar surface area (TPSA) is 15.3 Å². The molecule has 0 amide bonds. The Hall–Kier alpha value is -0.0800. The summed E-state index contributed by atoms with van der Waals surface area (Å²) < 4.78 is 0. The fourth-order valence-corrected chi connectivity index (χ4v) is 1.52. The van der Waals surface area contributed by atoms with Crippen LogP contribution in [0.5, 0.6) is 0 Å². The standard InChI is InChI=1S/C11H26N2/c1-5-8-9-13(4)10-11(6-2)12-7-3/h11-12H,5-10H2,1-4H3. The van der Waals surface area contributed by atoms with E-state index >= 15 is 0 Å². The predicted molar refractivity (Wildman–Crippen MR) is 60.2 cm³/mol. The molecule has 0 aromatic heterocycles. The highest BCUT2D eigenvalue weighted by molar-refractivity contribution is 4.67. The Balaban J connectivity index is 3.53. The van der Waals surface area contributed by atoms with Gasteiger partial charge >= 0.3 is 0 Å². The molecule has 1 unspecified atom stereocenters. The van der Waals surface area contributed by atoms with Crippen LogP contribution in [0.1, 0.15) is 40.0 Å². The van der Waals surface area contributed by atoms with Crippen LogP contribution in [0, 0.1) is 0 Å². The summed E-state index contributed by atoms with van der Waals surface area (Å²) in [6, 6.07) is 0.673. The van der Waals surface area contributed by atoms with Crippen LogP contribution >= 0.6 is 0 Å². The lowest BCUT2D eigenvalue weighted by Crippen LogP contribution is -2.39. The molecule has 13 heavy (non-hydrogen) atoms. The van der Waals surface area contributed by atoms with Gasteiger partial charge in [-0.2, -0.15) is 0 Å². The van der Waals surface area contributed by atoms with E-state index in [-0.39, 0.29) is 0 Å². The van der Waals surface area contributed by atoms with Gasteiger partial charge in [0, 0.05) is 12.6 Å². The predicted octanol–water partition coefficient (Wildman–Crippen LogP) is 2.11. The monoisotopic (exact) mass is 186 g/mol. The third-order valence-corrected chi connectivity index (χ3v) is 2.41. The molecule has 0 aromatic rings. The summed E-state index contributed by atoms with van der Waals surface area (Å²) in [4.78, 5) is 2.43. The zero-order valence-corrected chi connectivity index (χ0v) is 9.77. The first-order valence-corrected chi connectivity index (χ1v) is 5.66. The van der Waals surface area contributed by atoms with E-state index in [1.807, 2.05) is 0 Å². The Labute approximate surface area is 83.7 Å². The molecular weight excluding hydrogens is 160 g/mol. The Kier molecular flexibility index (Phi) is 8.46. The molecule has 0 heterocycles. The second kappa shape index (κ2) is 8.52. The zero-order chi connectivity index (χ0) is 10.1. The van der Waals surface area contributed by atoms with Crippen molar-refractivity contribution in [2.75, 3.05) is 26.7 Å². The molecule has 0 spiro atoms. The van der Waals surface area contributed by atoms with Crippen LogP contribution in [0.2, 0.25) is 0 Å². The maximum Gasteiger partial charge on any atom is 0.0192 e. The molecule has 0 radical (unpaired) electrons. The molecule has 0 rings (SSSR count). The third-order valence-electron chi connectivity index (χ3n) is 2.41. The van der Waals surface area contributed by atoms with E-state index in [0.717, 1.165) is 6.54 Å². The van der Waals surface area contributed by atoms with E-state index in [2.05, 4.69) is 38.0 Å². The minimum atomic E-state index is 0.673. The maximum absolute atomic E-state index is 3.50. The molecule has 1 atom stereocenters. The average molecular weight is 186 g/mol. The van der Waals surface area contributed by atoms with Crippen molar-refractivity contribution in [1.82, 2.24) is 10.2 Å². The number of rotatable bonds is 8. The smallest absolute Gasteiger partial charge is 0.0192 e. The second-order valence-electron chi connectivity index (χ2n) is 3.78. The number of unbranched alkanes of at least 4 members (excludes halogenated alkanes) is 1. The Morgan fingerprint density at radius 2 is 1.92 bits per heavy atom. The summed E-state index contributed by atoms with van der Waals surface area (Å²) in [6.07, 6.45) is 3.84. The van der Waals surface area contributed by atoms with E-state index in [4.69, 9.17) is 0 Å². The second-order valence-corrected chi connectivity index (χ2v) is 3.78. The van der Waals surface area contributed by atoms with Crippen LogP contribution in [0.3, 0.4) is 0 Å². The molecule has 0 fully saturated rings. The Bertz CT molecular complexity index is 104. The lowest BCUT2D eigenvalue weighted by molar-refractivity contribution is 0.282. The molecular formula is C11H26N2. The quantitative estimate of drug-likeness (QED) is 0.624. The van der Waals surface area contributed by atoms with Crippen LogP contribution in [-0.4, -0.2) is 37.6 Å². The average Bonchev–Trinajstić information content (AvgIpc) is 2.14. The van der Waals surface area contributed by atoms with Gasteiger partial charge in [0.1, 0.15) is 0 Å². The summed E-state index contributed by atoms with van der Waals surface area (Å²) >= 11 is 0. The fourth-order valence-electron chi connectivity index (χ4n) is 1.52. The number of nitrogens with zero attached hydrogens (tertiary/aromatic N) is 1. The first kappa shape index (κ1) is 12.9. The molecule has 0 aliphatic heterocycles. The molecule has 80 valence electrons. The van der Waals surface area contributed by atoms with Crippen LogP contribution in [0.4, 0.5) is 0 Å². The molecule has 2 nitrogen and oxygen atoms in total. The largest absolute Gasteiger partial charge is 0.313 e. The normalized spacial score (nSPS) is 13.6. The lowest BCUT2D eigenvalue weighted by atomic mass is 10.2. The van der Waals surface area contributed by atoms with Crippen molar-refractivity contribution in [2.45, 2.75) is 46.1 Å². The van der Waals surface area contributed by atoms with E-state index < -0.39 is 0 Å². The number of likely N-dealkylation sites (N-methyl/N-ethyl adjacent to an activating group) is 2. The first-order chi connectivity index (χ1) is 6.24. The highest BCUT2D eigenvalue weighted by Crippen LogP contribution is 1.97. The van der Waals surface area contributed by atoms with Crippen molar-refractivity contribution in [2.24, 2.45) is 0 Å². The highest BCUT2D eigenvalue weighted by Gasteiger charge is 2.06. The van der Waals surface area contributed by atoms with E-state index in [9.17, 15) is 0 Å². The lowest BCUT2D eigenvalue weighted by Gasteiger charge is -2.23. The molecule has 0 aromatic carbocycles. The summed E-state index contributed by atoms with van der Waals surface area (Å²) in [6.45, 7) is 10.2. The van der Waals surface area contributed by atoms with Crippen molar-refractivity contribution in [3.05, 3.63) is 0 Å². The Morgan fingerprint density at radius 1 is 1.23 bits per heavy atom. The molecule has 0 aliphatic rings. The van der Waals surface area contributed by atoms with Crippen molar-refractivity contribution >= 4 is 0 Å². The van der Waals surface area contributed by atoms with Gasteiger partial charge < -0.3 is 10.2 Å².